The van der Waals surface area contributed by atoms with Crippen molar-refractivity contribution in [2.24, 2.45) is 0 Å². The van der Waals surface area contributed by atoms with Crippen molar-refractivity contribution in [3.63, 3.8) is 0 Å². The van der Waals surface area contributed by atoms with Gasteiger partial charge in [0.1, 0.15) is 0 Å². The van der Waals surface area contributed by atoms with Crippen LogP contribution in [-0.2, 0) is 0 Å². The molecular weight excluding hydrogens is 611 g/mol. The van der Waals surface area contributed by atoms with Gasteiger partial charge in [0, 0.05) is 50.0 Å². The van der Waals surface area contributed by atoms with E-state index in [1.165, 1.54) is 0 Å². The fourth-order valence-electron chi connectivity index (χ4n) is 7.31. The molecule has 0 spiro atoms. The molecule has 232 valence electrons. The Morgan fingerprint density at radius 1 is 0.340 bits per heavy atom. The van der Waals surface area contributed by atoms with Gasteiger partial charge >= 0.3 is 0 Å². The number of aromatic nitrogens is 5. The molecular formula is C45H27N5. The van der Waals surface area contributed by atoms with Gasteiger partial charge < -0.3 is 0 Å². The molecule has 0 saturated heterocycles. The zero-order chi connectivity index (χ0) is 33.0. The number of hydrogen-bond acceptors (Lipinski definition) is 5. The lowest BCUT2D eigenvalue weighted by atomic mass is 9.87. The first-order valence-electron chi connectivity index (χ1n) is 16.7. The second-order valence-corrected chi connectivity index (χ2v) is 12.4. The van der Waals surface area contributed by atoms with Crippen LogP contribution in [0.1, 0.15) is 0 Å². The van der Waals surface area contributed by atoms with Crippen LogP contribution in [0, 0.1) is 0 Å². The van der Waals surface area contributed by atoms with Crippen LogP contribution in [-0.4, -0.2) is 24.9 Å². The van der Waals surface area contributed by atoms with Crippen molar-refractivity contribution in [2.75, 3.05) is 0 Å². The van der Waals surface area contributed by atoms with E-state index in [0.717, 1.165) is 82.1 Å². The third kappa shape index (κ3) is 4.45. The molecule has 0 unspecified atom stereocenters. The number of para-hydroxylation sites is 1. The molecule has 0 aliphatic carbocycles. The predicted octanol–water partition coefficient (Wildman–Crippen LogP) is 11.1. The second kappa shape index (κ2) is 11.4. The normalized spacial score (nSPS) is 11.6. The fourth-order valence-corrected chi connectivity index (χ4v) is 7.31. The Bertz CT molecular complexity index is 2790. The number of hydrogen-bond donors (Lipinski definition) is 0. The van der Waals surface area contributed by atoms with E-state index in [-0.39, 0.29) is 0 Å². The molecule has 3 heterocycles. The number of rotatable bonds is 4. The average molecular weight is 638 g/mol. The summed E-state index contributed by atoms with van der Waals surface area (Å²) in [7, 11) is 0. The van der Waals surface area contributed by atoms with Gasteiger partial charge in [0.15, 0.2) is 17.5 Å². The van der Waals surface area contributed by atoms with Crippen LogP contribution in [0.25, 0.3) is 99.5 Å². The van der Waals surface area contributed by atoms with Crippen molar-refractivity contribution < 1.29 is 0 Å². The molecule has 0 amide bonds. The van der Waals surface area contributed by atoms with Crippen molar-refractivity contribution in [2.45, 2.75) is 0 Å². The maximum absolute atomic E-state index is 5.42. The largest absolute Gasteiger partial charge is 0.256 e. The van der Waals surface area contributed by atoms with E-state index in [4.69, 9.17) is 24.9 Å². The molecule has 0 fully saturated rings. The van der Waals surface area contributed by atoms with E-state index in [1.807, 2.05) is 72.9 Å². The summed E-state index contributed by atoms with van der Waals surface area (Å²) >= 11 is 0. The average Bonchev–Trinajstić information content (AvgIpc) is 3.20. The summed E-state index contributed by atoms with van der Waals surface area (Å²) in [6.07, 6.45) is 1.87. The Labute approximate surface area is 287 Å². The molecule has 0 aliphatic heterocycles. The van der Waals surface area contributed by atoms with Crippen LogP contribution < -0.4 is 0 Å². The van der Waals surface area contributed by atoms with E-state index < -0.39 is 0 Å². The highest BCUT2D eigenvalue weighted by atomic mass is 15.0. The molecule has 7 aromatic carbocycles. The van der Waals surface area contributed by atoms with Gasteiger partial charge in [-0.2, -0.15) is 0 Å². The smallest absolute Gasteiger partial charge is 0.165 e. The molecule has 0 bridgehead atoms. The van der Waals surface area contributed by atoms with Crippen LogP contribution >= 0.6 is 0 Å². The van der Waals surface area contributed by atoms with Gasteiger partial charge in [-0.3, -0.25) is 4.98 Å². The zero-order valence-corrected chi connectivity index (χ0v) is 26.8. The van der Waals surface area contributed by atoms with Crippen LogP contribution in [0.2, 0.25) is 0 Å². The topological polar surface area (TPSA) is 64.5 Å². The van der Waals surface area contributed by atoms with Gasteiger partial charge in [-0.15, -0.1) is 0 Å². The lowest BCUT2D eigenvalue weighted by Crippen LogP contribution is -2.02. The Morgan fingerprint density at radius 3 is 1.48 bits per heavy atom. The molecule has 0 radical (unpaired) electrons. The van der Waals surface area contributed by atoms with Gasteiger partial charge in [0.2, 0.25) is 0 Å². The van der Waals surface area contributed by atoms with Crippen LogP contribution in [0.15, 0.2) is 164 Å². The summed E-state index contributed by atoms with van der Waals surface area (Å²) in [5.41, 5.74) is 6.75. The quantitative estimate of drug-likeness (QED) is 0.142. The molecule has 0 N–H and O–H groups in total. The highest BCUT2D eigenvalue weighted by Crippen LogP contribution is 2.46. The predicted molar refractivity (Wildman–Crippen MR) is 205 cm³/mol. The molecule has 10 aromatic rings. The summed E-state index contributed by atoms with van der Waals surface area (Å²) in [6.45, 7) is 0. The zero-order valence-electron chi connectivity index (χ0n) is 26.8. The highest BCUT2D eigenvalue weighted by molar-refractivity contribution is 6.27. The van der Waals surface area contributed by atoms with Crippen LogP contribution in [0.3, 0.4) is 0 Å². The Kier molecular flexibility index (Phi) is 6.42. The van der Waals surface area contributed by atoms with Crippen molar-refractivity contribution in [3.8, 4) is 45.4 Å². The lowest BCUT2D eigenvalue weighted by Gasteiger charge is -2.19. The van der Waals surface area contributed by atoms with E-state index in [2.05, 4.69) is 91.0 Å². The SMILES string of the molecule is c1ccc(-c2nc(-c3ccccc3)nc(-c3c4ccccc4c(-c4nc5ccccc5c5c4ccc4cccnc45)c4ccccc34)n2)cc1. The van der Waals surface area contributed by atoms with E-state index in [1.54, 1.807) is 0 Å². The first kappa shape index (κ1) is 28.2. The van der Waals surface area contributed by atoms with Gasteiger partial charge in [-0.1, -0.05) is 146 Å². The summed E-state index contributed by atoms with van der Waals surface area (Å²) in [5.74, 6) is 1.89. The minimum atomic E-state index is 0.628. The summed E-state index contributed by atoms with van der Waals surface area (Å²) in [6, 6.07) is 54.2. The van der Waals surface area contributed by atoms with Gasteiger partial charge in [0.25, 0.3) is 0 Å². The highest BCUT2D eigenvalue weighted by Gasteiger charge is 2.23. The van der Waals surface area contributed by atoms with Crippen LogP contribution in [0.4, 0.5) is 0 Å². The monoisotopic (exact) mass is 637 g/mol. The molecule has 10 rings (SSSR count). The van der Waals surface area contributed by atoms with Crippen molar-refractivity contribution >= 4 is 54.1 Å². The molecule has 0 aliphatic rings. The van der Waals surface area contributed by atoms with E-state index >= 15 is 0 Å². The number of nitrogens with zero attached hydrogens (tertiary/aromatic N) is 5. The van der Waals surface area contributed by atoms with Crippen molar-refractivity contribution in [1.82, 2.24) is 24.9 Å². The first-order chi connectivity index (χ1) is 24.8. The third-order valence-electron chi connectivity index (χ3n) is 9.53. The summed E-state index contributed by atoms with van der Waals surface area (Å²) < 4.78 is 0. The number of pyridine rings is 2. The summed E-state index contributed by atoms with van der Waals surface area (Å²) in [4.78, 5) is 25.6. The Balaban J connectivity index is 1.34. The molecule has 5 heteroatoms. The fraction of sp³-hybridized carbons (Fsp3) is 0. The van der Waals surface area contributed by atoms with Crippen molar-refractivity contribution in [1.29, 1.82) is 0 Å². The first-order valence-corrected chi connectivity index (χ1v) is 16.7. The Morgan fingerprint density at radius 2 is 0.860 bits per heavy atom. The van der Waals surface area contributed by atoms with Gasteiger partial charge in [-0.05, 0) is 33.7 Å². The lowest BCUT2D eigenvalue weighted by molar-refractivity contribution is 1.08. The third-order valence-corrected chi connectivity index (χ3v) is 9.53. The molecule has 3 aromatic heterocycles. The number of benzene rings is 7. The number of fused-ring (bicyclic) bond motifs is 7. The standard InChI is InChI=1S/C45H27N5/c1-3-14-29(15-4-1)43-48-44(30-16-5-2-6-17-30)50-45(49-43)40-33-21-9-7-19-31(33)38(32-20-8-10-22-34(32)40)42-36-26-25-28-18-13-27-46-41(28)39(36)35-23-11-12-24-37(35)47-42/h1-27H. The van der Waals surface area contributed by atoms with Crippen LogP contribution in [0.5, 0.6) is 0 Å². The molecule has 0 atom stereocenters. The van der Waals surface area contributed by atoms with Gasteiger partial charge in [0.05, 0.1) is 16.7 Å². The maximum atomic E-state index is 5.42. The molecule has 5 nitrogen and oxygen atoms in total. The second-order valence-electron chi connectivity index (χ2n) is 12.4. The maximum Gasteiger partial charge on any atom is 0.165 e. The molecule has 0 saturated carbocycles. The minimum Gasteiger partial charge on any atom is -0.256 e. The van der Waals surface area contributed by atoms with E-state index in [9.17, 15) is 0 Å². The minimum absolute atomic E-state index is 0.628. The van der Waals surface area contributed by atoms with E-state index in [0.29, 0.717) is 17.5 Å². The Hall–Kier alpha value is -6.85. The summed E-state index contributed by atoms with van der Waals surface area (Å²) in [5, 5.41) is 8.62. The van der Waals surface area contributed by atoms with Gasteiger partial charge in [-0.25, -0.2) is 19.9 Å². The molecule has 50 heavy (non-hydrogen) atoms. The van der Waals surface area contributed by atoms with Crippen molar-refractivity contribution in [3.05, 3.63) is 164 Å².